The molecule has 0 rings (SSSR count). The number of hydrogen-bond acceptors (Lipinski definition) is 10. The number of hydrogen-bond donors (Lipinski definition) is 7. The Bertz CT molecular complexity index is 939. The molecule has 0 aliphatic heterocycles. The fourth-order valence-electron chi connectivity index (χ4n) is 4.79. The minimum absolute atomic E-state index is 0.0203. The fraction of sp³-hybridized carbons (Fsp3) is 0.824. The molecule has 8 N–H and O–H groups in total. The minimum Gasteiger partial charge on any atom is -0.481 e. The van der Waals surface area contributed by atoms with Gasteiger partial charge in [0.15, 0.2) is 0 Å². The fourth-order valence-corrected chi connectivity index (χ4v) is 4.79. The van der Waals surface area contributed by atoms with E-state index in [-0.39, 0.29) is 95.4 Å². The highest BCUT2D eigenvalue weighted by Gasteiger charge is 2.20. The summed E-state index contributed by atoms with van der Waals surface area (Å²) in [7, 11) is 0. The summed E-state index contributed by atoms with van der Waals surface area (Å²) in [6.07, 6.45) is 14.2. The van der Waals surface area contributed by atoms with Crippen molar-refractivity contribution in [2.24, 2.45) is 5.73 Å². The summed E-state index contributed by atoms with van der Waals surface area (Å²) in [6, 6.07) is -1.13. The van der Waals surface area contributed by atoms with Gasteiger partial charge in [-0.3, -0.25) is 24.0 Å². The number of amides is 4. The van der Waals surface area contributed by atoms with Gasteiger partial charge in [0, 0.05) is 38.9 Å². The molecule has 1 atom stereocenters. The molecule has 0 unspecified atom stereocenters. The van der Waals surface area contributed by atoms with Crippen molar-refractivity contribution < 1.29 is 53.2 Å². The number of unbranched alkanes of at least 4 members (excludes halogenated alkanes) is 12. The number of nitrogens with one attached hydrogen (secondary N) is 4. The molecule has 0 aliphatic rings. The smallest absolute Gasteiger partial charge is 0.326 e. The lowest BCUT2D eigenvalue weighted by atomic mass is 10.0. The van der Waals surface area contributed by atoms with Crippen molar-refractivity contribution in [3.63, 3.8) is 0 Å². The average molecular weight is 718 g/mol. The minimum atomic E-state index is -1.18. The number of rotatable bonds is 36. The third-order valence-electron chi connectivity index (χ3n) is 7.58. The summed E-state index contributed by atoms with van der Waals surface area (Å²) in [6.45, 7) is 1.85. The quantitative estimate of drug-likeness (QED) is 0.0458. The zero-order chi connectivity index (χ0) is 37.1. The van der Waals surface area contributed by atoms with Crippen molar-refractivity contribution in [2.45, 2.75) is 115 Å². The highest BCUT2D eigenvalue weighted by atomic mass is 16.5. The van der Waals surface area contributed by atoms with Crippen LogP contribution in [0.15, 0.2) is 0 Å². The molecule has 0 fully saturated rings. The Hall–Kier alpha value is -3.34. The molecule has 16 nitrogen and oxygen atoms in total. The molecule has 4 amide bonds. The number of nitrogens with two attached hydrogens (primary N) is 1. The first-order valence-electron chi connectivity index (χ1n) is 18.1. The van der Waals surface area contributed by atoms with E-state index in [2.05, 4.69) is 21.3 Å². The van der Waals surface area contributed by atoms with Gasteiger partial charge in [-0.25, -0.2) is 4.79 Å². The lowest BCUT2D eigenvalue weighted by Crippen LogP contribution is -2.41. The van der Waals surface area contributed by atoms with Crippen LogP contribution >= 0.6 is 0 Å². The van der Waals surface area contributed by atoms with Crippen LogP contribution in [0.1, 0.15) is 109 Å². The van der Waals surface area contributed by atoms with E-state index >= 15 is 0 Å². The van der Waals surface area contributed by atoms with Crippen LogP contribution in [0.5, 0.6) is 0 Å². The van der Waals surface area contributed by atoms with Crippen LogP contribution in [0.25, 0.3) is 0 Å². The number of carboxylic acids is 2. The van der Waals surface area contributed by atoms with Gasteiger partial charge >= 0.3 is 11.9 Å². The maximum absolute atomic E-state index is 12.3. The van der Waals surface area contributed by atoms with Crippen molar-refractivity contribution in [2.75, 3.05) is 65.8 Å². The summed E-state index contributed by atoms with van der Waals surface area (Å²) in [4.78, 5) is 69.1. The van der Waals surface area contributed by atoms with Crippen LogP contribution < -0.4 is 27.0 Å². The summed E-state index contributed by atoms with van der Waals surface area (Å²) in [5.41, 5.74) is 5.17. The number of carboxylic acid groups (broad SMARTS) is 2. The molecule has 0 bridgehead atoms. The molecule has 0 saturated heterocycles. The van der Waals surface area contributed by atoms with Crippen LogP contribution in [0.2, 0.25) is 0 Å². The van der Waals surface area contributed by atoms with E-state index in [1.807, 2.05) is 0 Å². The van der Waals surface area contributed by atoms with Crippen LogP contribution in [0.3, 0.4) is 0 Å². The first-order chi connectivity index (χ1) is 24.1. The largest absolute Gasteiger partial charge is 0.481 e. The Morgan fingerprint density at radius 3 is 1.44 bits per heavy atom. The third kappa shape index (κ3) is 33.2. The first kappa shape index (κ1) is 46.7. The number of aliphatic carboxylic acids is 2. The van der Waals surface area contributed by atoms with E-state index in [4.69, 9.17) is 25.1 Å². The van der Waals surface area contributed by atoms with Gasteiger partial charge in [-0.1, -0.05) is 70.6 Å². The third-order valence-corrected chi connectivity index (χ3v) is 7.58. The Kier molecular flexibility index (Phi) is 31.8. The van der Waals surface area contributed by atoms with Gasteiger partial charge in [0.05, 0.1) is 39.6 Å². The molecular weight excluding hydrogens is 654 g/mol. The highest BCUT2D eigenvalue weighted by Crippen LogP contribution is 2.13. The summed E-state index contributed by atoms with van der Waals surface area (Å²) >= 11 is 0. The highest BCUT2D eigenvalue weighted by molar-refractivity contribution is 5.84. The molecule has 16 heteroatoms. The van der Waals surface area contributed by atoms with Gasteiger partial charge in [0.1, 0.15) is 12.6 Å². The molecular formula is C34H63N5O11. The van der Waals surface area contributed by atoms with Gasteiger partial charge in [-0.15, -0.1) is 0 Å². The lowest BCUT2D eigenvalue weighted by molar-refractivity contribution is -0.142. The molecule has 0 spiro atoms. The second-order valence-corrected chi connectivity index (χ2v) is 12.0. The monoisotopic (exact) mass is 717 g/mol. The maximum Gasteiger partial charge on any atom is 0.326 e. The van der Waals surface area contributed by atoms with Crippen LogP contribution in [0, 0.1) is 0 Å². The Balaban J connectivity index is 3.68. The Morgan fingerprint density at radius 1 is 0.500 bits per heavy atom. The molecule has 0 saturated carbocycles. The summed E-state index contributed by atoms with van der Waals surface area (Å²) in [5.74, 6) is -3.15. The van der Waals surface area contributed by atoms with Gasteiger partial charge in [-0.05, 0) is 19.3 Å². The Labute approximate surface area is 296 Å². The number of carbonyl (C=O) groups excluding carboxylic acids is 4. The van der Waals surface area contributed by atoms with Crippen molar-refractivity contribution in [3.8, 4) is 0 Å². The second-order valence-electron chi connectivity index (χ2n) is 12.0. The molecule has 290 valence electrons. The number of ether oxygens (including phenoxy) is 3. The van der Waals surface area contributed by atoms with Crippen LogP contribution in [-0.4, -0.2) is 118 Å². The second kappa shape index (κ2) is 34.1. The van der Waals surface area contributed by atoms with E-state index < -0.39 is 18.0 Å². The van der Waals surface area contributed by atoms with Crippen molar-refractivity contribution in [1.29, 1.82) is 0 Å². The van der Waals surface area contributed by atoms with Crippen LogP contribution in [0.4, 0.5) is 0 Å². The summed E-state index contributed by atoms with van der Waals surface area (Å²) < 4.78 is 15.8. The van der Waals surface area contributed by atoms with E-state index in [0.29, 0.717) is 26.1 Å². The molecule has 0 aromatic rings. The average Bonchev–Trinajstić information content (AvgIpc) is 3.08. The normalized spacial score (nSPS) is 11.5. The van der Waals surface area contributed by atoms with E-state index in [1.54, 1.807) is 0 Å². The molecule has 0 heterocycles. The molecule has 50 heavy (non-hydrogen) atoms. The van der Waals surface area contributed by atoms with E-state index in [0.717, 1.165) is 44.9 Å². The molecule has 0 radical (unpaired) electrons. The topological polar surface area (TPSA) is 245 Å². The predicted octanol–water partition coefficient (Wildman–Crippen LogP) is 1.63. The van der Waals surface area contributed by atoms with Crippen molar-refractivity contribution >= 4 is 35.6 Å². The van der Waals surface area contributed by atoms with E-state index in [1.165, 1.54) is 32.1 Å². The molecule has 0 aromatic heterocycles. The summed E-state index contributed by atoms with van der Waals surface area (Å²) in [5, 5.41) is 28.4. The van der Waals surface area contributed by atoms with Crippen molar-refractivity contribution in [3.05, 3.63) is 0 Å². The zero-order valence-electron chi connectivity index (χ0n) is 29.8. The number of carbonyl (C=O) groups is 6. The predicted molar refractivity (Wildman–Crippen MR) is 186 cm³/mol. The zero-order valence-corrected chi connectivity index (χ0v) is 29.8. The first-order valence-corrected chi connectivity index (χ1v) is 18.1. The molecule has 0 aliphatic carbocycles. The Morgan fingerprint density at radius 2 is 0.940 bits per heavy atom. The van der Waals surface area contributed by atoms with Gasteiger partial charge in [-0.2, -0.15) is 0 Å². The lowest BCUT2D eigenvalue weighted by Gasteiger charge is -2.14. The maximum atomic E-state index is 12.3. The molecule has 0 aromatic carbocycles. The standard InChI is InChI=1S/C34H63N5O11/c35-26-31(42)37-19-21-48-22-20-38-32(43)27-50-25-24-49-23-18-36-29(40)17-16-28(34(46)47)39-30(41)14-12-10-8-6-4-2-1-3-5-7-9-11-13-15-33(44)45/h28H,1-27,35H2,(H,36,40)(H,37,42)(H,38,43)(H,39,41)(H,44,45)(H,46,47)/t28-/m0/s1. The van der Waals surface area contributed by atoms with Crippen molar-refractivity contribution in [1.82, 2.24) is 21.3 Å². The SMILES string of the molecule is NCC(=O)NCCOCCNC(=O)COCCOCCNC(=O)CC[C@H](NC(=O)CCCCCCCCCCCCCCCC(=O)O)C(=O)O. The van der Waals surface area contributed by atoms with E-state index in [9.17, 15) is 33.9 Å². The van der Waals surface area contributed by atoms with Gasteiger partial charge in [0.2, 0.25) is 23.6 Å². The van der Waals surface area contributed by atoms with Gasteiger partial charge < -0.3 is 51.4 Å². The van der Waals surface area contributed by atoms with Crippen LogP contribution in [-0.2, 0) is 43.0 Å². The van der Waals surface area contributed by atoms with Gasteiger partial charge in [0.25, 0.3) is 0 Å².